The van der Waals surface area contributed by atoms with Gasteiger partial charge in [-0.25, -0.2) is 4.98 Å². The van der Waals surface area contributed by atoms with Crippen LogP contribution in [0.3, 0.4) is 0 Å². The Morgan fingerprint density at radius 1 is 1.50 bits per heavy atom. The lowest BCUT2D eigenvalue weighted by atomic mass is 10.1. The number of nitrogens with two attached hydrogens (primary N) is 1. The third-order valence-electron chi connectivity index (χ3n) is 1.87. The van der Waals surface area contributed by atoms with Crippen molar-refractivity contribution in [3.63, 3.8) is 0 Å². The molecule has 0 aliphatic rings. The van der Waals surface area contributed by atoms with Crippen LogP contribution in [0.15, 0.2) is 12.1 Å². The summed E-state index contributed by atoms with van der Waals surface area (Å²) in [6.45, 7) is 3.93. The zero-order valence-corrected chi connectivity index (χ0v) is 7.76. The molecule has 3 nitrogen and oxygen atoms in total. The van der Waals surface area contributed by atoms with Gasteiger partial charge < -0.3 is 11.1 Å². The largest absolute Gasteiger partial charge is 0.373 e. The summed E-state index contributed by atoms with van der Waals surface area (Å²) in [6, 6.07) is 4.01. The van der Waals surface area contributed by atoms with Crippen LogP contribution in [0.1, 0.15) is 24.2 Å². The second-order valence-electron chi connectivity index (χ2n) is 2.91. The van der Waals surface area contributed by atoms with Gasteiger partial charge in [-0.2, -0.15) is 0 Å². The summed E-state index contributed by atoms with van der Waals surface area (Å²) in [6.07, 6.45) is 0. The van der Waals surface area contributed by atoms with Crippen LogP contribution in [0.2, 0.25) is 0 Å². The van der Waals surface area contributed by atoms with Crippen molar-refractivity contribution in [2.45, 2.75) is 19.9 Å². The van der Waals surface area contributed by atoms with Gasteiger partial charge in [-0.15, -0.1) is 0 Å². The first kappa shape index (κ1) is 9.00. The van der Waals surface area contributed by atoms with Crippen molar-refractivity contribution in [2.24, 2.45) is 5.73 Å². The molecule has 0 aliphatic heterocycles. The maximum absolute atomic E-state index is 5.75. The average Bonchev–Trinajstić information content (AvgIpc) is 2.03. The Kier molecular flexibility index (Phi) is 2.65. The van der Waals surface area contributed by atoms with E-state index in [0.29, 0.717) is 0 Å². The lowest BCUT2D eigenvalue weighted by molar-refractivity contribution is 0.800. The minimum atomic E-state index is 0.0587. The summed E-state index contributed by atoms with van der Waals surface area (Å²) in [5.74, 6) is 0.886. The number of anilines is 1. The molecule has 0 saturated heterocycles. The zero-order valence-electron chi connectivity index (χ0n) is 7.76. The molecule has 66 valence electrons. The summed E-state index contributed by atoms with van der Waals surface area (Å²) in [5.41, 5.74) is 7.85. The fraction of sp³-hybridized carbons (Fsp3) is 0.444. The molecular weight excluding hydrogens is 150 g/mol. The van der Waals surface area contributed by atoms with Crippen molar-refractivity contribution < 1.29 is 0 Å². The van der Waals surface area contributed by atoms with Crippen LogP contribution in [0.25, 0.3) is 0 Å². The molecule has 3 N–H and O–H groups in total. The number of nitrogens with zero attached hydrogens (tertiary/aromatic N) is 1. The van der Waals surface area contributed by atoms with E-state index in [-0.39, 0.29) is 6.04 Å². The van der Waals surface area contributed by atoms with Crippen LogP contribution < -0.4 is 11.1 Å². The Morgan fingerprint density at radius 2 is 2.17 bits per heavy atom. The van der Waals surface area contributed by atoms with Crippen LogP contribution in [0, 0.1) is 6.92 Å². The van der Waals surface area contributed by atoms with Crippen LogP contribution >= 0.6 is 0 Å². The zero-order chi connectivity index (χ0) is 9.14. The number of hydrogen-bond acceptors (Lipinski definition) is 3. The molecule has 1 aromatic heterocycles. The third-order valence-corrected chi connectivity index (χ3v) is 1.87. The first-order valence-electron chi connectivity index (χ1n) is 4.06. The molecular formula is C9H15N3. The molecule has 0 bridgehead atoms. The standard InChI is InChI=1S/C9H15N3/c1-6(10)8-4-5-9(11-3)12-7(8)2/h4-6H,10H2,1-3H3,(H,11,12)/t6-/m0/s1. The molecule has 3 heteroatoms. The molecule has 0 amide bonds. The van der Waals surface area contributed by atoms with Crippen molar-refractivity contribution in [3.05, 3.63) is 23.4 Å². The maximum atomic E-state index is 5.75. The first-order chi connectivity index (χ1) is 5.65. The highest BCUT2D eigenvalue weighted by atomic mass is 15.0. The van der Waals surface area contributed by atoms with E-state index in [9.17, 15) is 0 Å². The van der Waals surface area contributed by atoms with E-state index in [1.807, 2.05) is 33.0 Å². The predicted molar refractivity (Wildman–Crippen MR) is 51.1 cm³/mol. The minimum Gasteiger partial charge on any atom is -0.373 e. The van der Waals surface area contributed by atoms with E-state index >= 15 is 0 Å². The van der Waals surface area contributed by atoms with Crippen molar-refractivity contribution in [1.82, 2.24) is 4.98 Å². The normalized spacial score (nSPS) is 12.7. The van der Waals surface area contributed by atoms with Crippen molar-refractivity contribution in [1.29, 1.82) is 0 Å². The van der Waals surface area contributed by atoms with Gasteiger partial charge in [0.1, 0.15) is 5.82 Å². The van der Waals surface area contributed by atoms with Gasteiger partial charge in [0.25, 0.3) is 0 Å². The van der Waals surface area contributed by atoms with Gasteiger partial charge >= 0.3 is 0 Å². The molecule has 0 spiro atoms. The monoisotopic (exact) mass is 165 g/mol. The molecule has 0 aliphatic carbocycles. The fourth-order valence-corrected chi connectivity index (χ4v) is 1.19. The molecule has 0 fully saturated rings. The Bertz CT molecular complexity index is 268. The Labute approximate surface area is 73.0 Å². The van der Waals surface area contributed by atoms with Crippen LogP contribution in [0.4, 0.5) is 5.82 Å². The lowest BCUT2D eigenvalue weighted by Gasteiger charge is -2.09. The quantitative estimate of drug-likeness (QED) is 0.697. The number of pyridine rings is 1. The fourth-order valence-electron chi connectivity index (χ4n) is 1.19. The number of nitrogens with one attached hydrogen (secondary N) is 1. The topological polar surface area (TPSA) is 50.9 Å². The summed E-state index contributed by atoms with van der Waals surface area (Å²) in [4.78, 5) is 4.32. The molecule has 0 aromatic carbocycles. The van der Waals surface area contributed by atoms with E-state index in [1.165, 1.54) is 0 Å². The van der Waals surface area contributed by atoms with Gasteiger partial charge in [0.2, 0.25) is 0 Å². The van der Waals surface area contributed by atoms with E-state index in [4.69, 9.17) is 5.73 Å². The van der Waals surface area contributed by atoms with Gasteiger partial charge in [-0.1, -0.05) is 6.07 Å². The Hall–Kier alpha value is -1.09. The molecule has 12 heavy (non-hydrogen) atoms. The van der Waals surface area contributed by atoms with E-state index in [1.54, 1.807) is 0 Å². The Morgan fingerprint density at radius 3 is 2.58 bits per heavy atom. The van der Waals surface area contributed by atoms with E-state index in [0.717, 1.165) is 17.1 Å². The molecule has 1 aromatic rings. The number of aryl methyl sites for hydroxylation is 1. The van der Waals surface area contributed by atoms with Gasteiger partial charge in [0.05, 0.1) is 0 Å². The van der Waals surface area contributed by atoms with Crippen LogP contribution in [0.5, 0.6) is 0 Å². The van der Waals surface area contributed by atoms with Crippen molar-refractivity contribution in [2.75, 3.05) is 12.4 Å². The first-order valence-corrected chi connectivity index (χ1v) is 4.06. The highest BCUT2D eigenvalue weighted by Gasteiger charge is 2.04. The molecule has 0 radical (unpaired) electrons. The van der Waals surface area contributed by atoms with Crippen molar-refractivity contribution in [3.8, 4) is 0 Å². The highest BCUT2D eigenvalue weighted by Crippen LogP contribution is 2.15. The molecule has 1 rings (SSSR count). The summed E-state index contributed by atoms with van der Waals surface area (Å²) >= 11 is 0. The lowest BCUT2D eigenvalue weighted by Crippen LogP contribution is -2.08. The smallest absolute Gasteiger partial charge is 0.125 e. The summed E-state index contributed by atoms with van der Waals surface area (Å²) in [7, 11) is 1.85. The van der Waals surface area contributed by atoms with Gasteiger partial charge in [0, 0.05) is 18.8 Å². The third kappa shape index (κ3) is 1.74. The predicted octanol–water partition coefficient (Wildman–Crippen LogP) is 1.45. The Balaban J connectivity index is 3.03. The summed E-state index contributed by atoms with van der Waals surface area (Å²) < 4.78 is 0. The molecule has 1 atom stereocenters. The molecule has 1 heterocycles. The van der Waals surface area contributed by atoms with Crippen LogP contribution in [-0.4, -0.2) is 12.0 Å². The second-order valence-corrected chi connectivity index (χ2v) is 2.91. The average molecular weight is 165 g/mol. The number of aromatic nitrogens is 1. The second kappa shape index (κ2) is 3.54. The SMILES string of the molecule is CNc1ccc([C@H](C)N)c(C)n1. The van der Waals surface area contributed by atoms with Gasteiger partial charge in [0.15, 0.2) is 0 Å². The van der Waals surface area contributed by atoms with Crippen LogP contribution in [-0.2, 0) is 0 Å². The number of rotatable bonds is 2. The number of hydrogen-bond donors (Lipinski definition) is 2. The van der Waals surface area contributed by atoms with Gasteiger partial charge in [-0.05, 0) is 25.5 Å². The molecule has 0 unspecified atom stereocenters. The van der Waals surface area contributed by atoms with Crippen molar-refractivity contribution >= 4 is 5.82 Å². The highest BCUT2D eigenvalue weighted by molar-refractivity contribution is 5.38. The molecule has 0 saturated carbocycles. The minimum absolute atomic E-state index is 0.0587. The van der Waals surface area contributed by atoms with Gasteiger partial charge in [-0.3, -0.25) is 0 Å². The summed E-state index contributed by atoms with van der Waals surface area (Å²) in [5, 5.41) is 2.98. The maximum Gasteiger partial charge on any atom is 0.125 e. The van der Waals surface area contributed by atoms with E-state index < -0.39 is 0 Å². The van der Waals surface area contributed by atoms with E-state index in [2.05, 4.69) is 10.3 Å².